The van der Waals surface area contributed by atoms with Gasteiger partial charge in [-0.15, -0.1) is 11.3 Å². The van der Waals surface area contributed by atoms with Crippen molar-refractivity contribution in [1.29, 1.82) is 0 Å². The Kier molecular flexibility index (Phi) is 3.67. The van der Waals surface area contributed by atoms with Crippen molar-refractivity contribution in [2.75, 3.05) is 0 Å². The lowest BCUT2D eigenvalue weighted by Crippen LogP contribution is -2.23. The Morgan fingerprint density at radius 2 is 2.12 bits per heavy atom. The number of carbonyl (C=O) groups excluding carboxylic acids is 1. The van der Waals surface area contributed by atoms with Crippen LogP contribution in [0, 0.1) is 0 Å². The van der Waals surface area contributed by atoms with E-state index in [1.165, 1.54) is 17.7 Å². The first-order valence-electron chi connectivity index (χ1n) is 7.07. The average Bonchev–Trinajstić information content (AvgIpc) is 3.27. The van der Waals surface area contributed by atoms with Crippen molar-refractivity contribution in [3.8, 4) is 10.6 Å². The van der Waals surface area contributed by atoms with Crippen LogP contribution in [0.25, 0.3) is 16.2 Å². The van der Waals surface area contributed by atoms with E-state index in [9.17, 15) is 4.79 Å². The Morgan fingerprint density at radius 3 is 3.00 bits per heavy atom. The van der Waals surface area contributed by atoms with Crippen molar-refractivity contribution < 1.29 is 4.79 Å². The van der Waals surface area contributed by atoms with E-state index in [-0.39, 0.29) is 5.91 Å². The molecule has 118 valence electrons. The summed E-state index contributed by atoms with van der Waals surface area (Å²) in [6.45, 7) is 0.352. The number of carbonyl (C=O) groups is 1. The summed E-state index contributed by atoms with van der Waals surface area (Å²) >= 11 is 1.38. The van der Waals surface area contributed by atoms with E-state index in [2.05, 4.69) is 30.4 Å². The number of fused-ring (bicyclic) bond motifs is 1. The van der Waals surface area contributed by atoms with Crippen LogP contribution in [0.15, 0.2) is 48.8 Å². The summed E-state index contributed by atoms with van der Waals surface area (Å²) in [5.74, 6) is -0.245. The predicted molar refractivity (Wildman–Crippen MR) is 87.3 cm³/mol. The molecule has 4 rings (SSSR count). The van der Waals surface area contributed by atoms with Gasteiger partial charge < -0.3 is 5.32 Å². The van der Waals surface area contributed by atoms with Crippen LogP contribution in [-0.4, -0.2) is 35.5 Å². The first-order chi connectivity index (χ1) is 11.8. The Balaban J connectivity index is 1.53. The Labute approximate surface area is 140 Å². The molecule has 8 nitrogen and oxygen atoms in total. The van der Waals surface area contributed by atoms with Gasteiger partial charge >= 0.3 is 0 Å². The number of aromatic nitrogens is 6. The highest BCUT2D eigenvalue weighted by Crippen LogP contribution is 2.26. The van der Waals surface area contributed by atoms with Crippen LogP contribution < -0.4 is 5.32 Å². The highest BCUT2D eigenvalue weighted by atomic mass is 32.1. The lowest BCUT2D eigenvalue weighted by atomic mass is 10.3. The molecular weight excluding hydrogens is 326 g/mol. The molecule has 0 aromatic carbocycles. The SMILES string of the molecule is O=C(NCc1cncnc1)c1csc(-c2cnn3cccnc23)n1. The van der Waals surface area contributed by atoms with Crippen molar-refractivity contribution in [1.82, 2.24) is 34.9 Å². The summed E-state index contributed by atoms with van der Waals surface area (Å²) in [5, 5.41) is 9.46. The zero-order valence-corrected chi connectivity index (χ0v) is 13.1. The molecule has 0 fully saturated rings. The van der Waals surface area contributed by atoms with E-state index in [1.54, 1.807) is 40.7 Å². The summed E-state index contributed by atoms with van der Waals surface area (Å²) in [7, 11) is 0. The highest BCUT2D eigenvalue weighted by Gasteiger charge is 2.15. The van der Waals surface area contributed by atoms with Gasteiger partial charge in [-0.05, 0) is 6.07 Å². The number of rotatable bonds is 4. The smallest absolute Gasteiger partial charge is 0.271 e. The topological polar surface area (TPSA) is 98.0 Å². The molecule has 0 bridgehead atoms. The zero-order valence-electron chi connectivity index (χ0n) is 12.3. The van der Waals surface area contributed by atoms with Crippen LogP contribution in [0.5, 0.6) is 0 Å². The van der Waals surface area contributed by atoms with Gasteiger partial charge in [-0.2, -0.15) is 5.10 Å². The molecule has 0 aliphatic heterocycles. The van der Waals surface area contributed by atoms with E-state index >= 15 is 0 Å². The van der Waals surface area contributed by atoms with Gasteiger partial charge in [0.1, 0.15) is 17.0 Å². The molecule has 4 aromatic heterocycles. The van der Waals surface area contributed by atoms with Crippen LogP contribution in [0.2, 0.25) is 0 Å². The number of hydrogen-bond acceptors (Lipinski definition) is 7. The van der Waals surface area contributed by atoms with Crippen LogP contribution in [0.3, 0.4) is 0 Å². The summed E-state index contributed by atoms with van der Waals surface area (Å²) in [5.41, 5.74) is 2.70. The number of thiazole rings is 1. The van der Waals surface area contributed by atoms with E-state index in [1.807, 2.05) is 6.20 Å². The lowest BCUT2D eigenvalue weighted by Gasteiger charge is -2.01. The minimum Gasteiger partial charge on any atom is -0.346 e. The molecule has 1 N–H and O–H groups in total. The number of amides is 1. The van der Waals surface area contributed by atoms with Crippen LogP contribution >= 0.6 is 11.3 Å². The third kappa shape index (κ3) is 2.72. The molecule has 0 radical (unpaired) electrons. The quantitative estimate of drug-likeness (QED) is 0.607. The fourth-order valence-electron chi connectivity index (χ4n) is 2.17. The van der Waals surface area contributed by atoms with Crippen molar-refractivity contribution >= 4 is 22.9 Å². The van der Waals surface area contributed by atoms with Crippen LogP contribution in [-0.2, 0) is 6.54 Å². The molecule has 9 heteroatoms. The van der Waals surface area contributed by atoms with Crippen molar-refractivity contribution in [3.63, 3.8) is 0 Å². The van der Waals surface area contributed by atoms with Gasteiger partial charge in [0, 0.05) is 42.3 Å². The Morgan fingerprint density at radius 1 is 1.25 bits per heavy atom. The fourth-order valence-corrected chi connectivity index (χ4v) is 2.98. The number of nitrogens with zero attached hydrogens (tertiary/aromatic N) is 6. The molecule has 0 saturated carbocycles. The summed E-state index contributed by atoms with van der Waals surface area (Å²) < 4.78 is 1.67. The third-order valence-corrected chi connectivity index (χ3v) is 4.19. The largest absolute Gasteiger partial charge is 0.346 e. The van der Waals surface area contributed by atoms with Gasteiger partial charge in [-0.1, -0.05) is 0 Å². The maximum atomic E-state index is 12.2. The molecular formula is C15H11N7OS. The average molecular weight is 337 g/mol. The molecule has 0 spiro atoms. The predicted octanol–water partition coefficient (Wildman–Crippen LogP) is 1.57. The first-order valence-corrected chi connectivity index (χ1v) is 7.95. The van der Waals surface area contributed by atoms with Crippen molar-refractivity contribution in [2.24, 2.45) is 0 Å². The second kappa shape index (κ2) is 6.13. The second-order valence-corrected chi connectivity index (χ2v) is 5.77. The maximum absolute atomic E-state index is 12.2. The van der Waals surface area contributed by atoms with Crippen molar-refractivity contribution in [2.45, 2.75) is 6.54 Å². The third-order valence-electron chi connectivity index (χ3n) is 3.31. The highest BCUT2D eigenvalue weighted by molar-refractivity contribution is 7.13. The Bertz CT molecular complexity index is 995. The van der Waals surface area contributed by atoms with Gasteiger partial charge in [0.2, 0.25) is 0 Å². The fraction of sp³-hybridized carbons (Fsp3) is 0.0667. The zero-order chi connectivity index (χ0) is 16.4. The summed E-state index contributed by atoms with van der Waals surface area (Å²) in [4.78, 5) is 28.7. The summed E-state index contributed by atoms with van der Waals surface area (Å²) in [6.07, 6.45) is 9.97. The normalized spacial score (nSPS) is 10.8. The molecule has 4 aromatic rings. The minimum atomic E-state index is -0.245. The minimum absolute atomic E-state index is 0.245. The Hall–Kier alpha value is -3.20. The van der Waals surface area contributed by atoms with E-state index < -0.39 is 0 Å². The molecule has 0 atom stereocenters. The molecule has 1 amide bonds. The van der Waals surface area contributed by atoms with E-state index in [0.29, 0.717) is 22.9 Å². The molecule has 0 aliphatic rings. The van der Waals surface area contributed by atoms with Crippen LogP contribution in [0.4, 0.5) is 0 Å². The summed E-state index contributed by atoms with van der Waals surface area (Å²) in [6, 6.07) is 1.80. The van der Waals surface area contributed by atoms with Crippen molar-refractivity contribution in [3.05, 3.63) is 60.0 Å². The molecule has 0 aliphatic carbocycles. The first kappa shape index (κ1) is 14.4. The molecule has 0 saturated heterocycles. The molecule has 24 heavy (non-hydrogen) atoms. The van der Waals surface area contributed by atoms with Gasteiger partial charge in [-0.25, -0.2) is 24.5 Å². The van der Waals surface area contributed by atoms with Gasteiger partial charge in [-0.3, -0.25) is 4.79 Å². The van der Waals surface area contributed by atoms with Gasteiger partial charge in [0.15, 0.2) is 5.65 Å². The number of nitrogens with one attached hydrogen (secondary N) is 1. The number of hydrogen-bond donors (Lipinski definition) is 1. The standard InChI is InChI=1S/C15H11N7OS/c23-14(19-6-10-4-16-9-17-5-10)12-8-24-15(21-12)11-7-20-22-3-1-2-18-13(11)22/h1-5,7-9H,6H2,(H,19,23). The van der Waals surface area contributed by atoms with Crippen LogP contribution in [0.1, 0.15) is 16.1 Å². The monoisotopic (exact) mass is 337 g/mol. The lowest BCUT2D eigenvalue weighted by molar-refractivity contribution is 0.0946. The van der Waals surface area contributed by atoms with E-state index in [0.717, 1.165) is 11.1 Å². The van der Waals surface area contributed by atoms with Gasteiger partial charge in [0.25, 0.3) is 5.91 Å². The van der Waals surface area contributed by atoms with Gasteiger partial charge in [0.05, 0.1) is 11.8 Å². The second-order valence-electron chi connectivity index (χ2n) is 4.91. The maximum Gasteiger partial charge on any atom is 0.271 e. The molecule has 4 heterocycles. The van der Waals surface area contributed by atoms with E-state index in [4.69, 9.17) is 0 Å². The molecule has 0 unspecified atom stereocenters.